The molecule has 1 aromatic rings. The van der Waals surface area contributed by atoms with E-state index in [-0.39, 0.29) is 0 Å². The Hall–Kier alpha value is 0.140. The van der Waals surface area contributed by atoms with E-state index in [1.807, 2.05) is 0 Å². The lowest BCUT2D eigenvalue weighted by atomic mass is 9.68. The van der Waals surface area contributed by atoms with Gasteiger partial charge in [-0.25, -0.2) is 0 Å². The summed E-state index contributed by atoms with van der Waals surface area (Å²) in [5.41, 5.74) is 3.06. The molecule has 0 aliphatic heterocycles. The lowest BCUT2D eigenvalue weighted by molar-refractivity contribution is 0.144. The molecule has 1 aliphatic rings. The van der Waals surface area contributed by atoms with Crippen LogP contribution in [0.3, 0.4) is 0 Å². The summed E-state index contributed by atoms with van der Waals surface area (Å²) in [7, 11) is 0. The molecular formula is C18H27Br2N. The number of hydrogen-bond donors (Lipinski definition) is 1. The molecule has 0 heterocycles. The van der Waals surface area contributed by atoms with Gasteiger partial charge in [0.25, 0.3) is 0 Å². The third-order valence-electron chi connectivity index (χ3n) is 4.88. The van der Waals surface area contributed by atoms with Crippen LogP contribution >= 0.6 is 31.9 Å². The number of halogens is 2. The zero-order valence-electron chi connectivity index (χ0n) is 13.4. The van der Waals surface area contributed by atoms with Crippen LogP contribution in [-0.4, -0.2) is 6.54 Å². The SMILES string of the molecule is CCCNC(c1cc(Br)c(C)cc1Br)C1(C)CCCCC1. The van der Waals surface area contributed by atoms with Crippen LogP contribution in [0.5, 0.6) is 0 Å². The average Bonchev–Trinajstić information content (AvgIpc) is 2.45. The molecule has 1 aromatic carbocycles. The third-order valence-corrected chi connectivity index (χ3v) is 6.42. The molecule has 1 N–H and O–H groups in total. The molecule has 0 bridgehead atoms. The molecule has 1 fully saturated rings. The summed E-state index contributed by atoms with van der Waals surface area (Å²) < 4.78 is 2.45. The second-order valence-corrected chi connectivity index (χ2v) is 8.43. The molecule has 0 saturated heterocycles. The summed E-state index contributed by atoms with van der Waals surface area (Å²) in [4.78, 5) is 0. The van der Waals surface area contributed by atoms with Gasteiger partial charge in [0, 0.05) is 15.0 Å². The van der Waals surface area contributed by atoms with Crippen LogP contribution in [0.1, 0.15) is 69.5 Å². The minimum Gasteiger partial charge on any atom is -0.309 e. The first-order valence-corrected chi connectivity index (χ1v) is 9.75. The average molecular weight is 417 g/mol. The predicted octanol–water partition coefficient (Wildman–Crippen LogP) is 6.53. The highest BCUT2D eigenvalue weighted by Gasteiger charge is 2.37. The molecule has 0 spiro atoms. The van der Waals surface area contributed by atoms with Gasteiger partial charge in [0.15, 0.2) is 0 Å². The summed E-state index contributed by atoms with van der Waals surface area (Å²) in [6.07, 6.45) is 7.96. The molecule has 1 atom stereocenters. The van der Waals surface area contributed by atoms with Crippen LogP contribution in [-0.2, 0) is 0 Å². The molecule has 1 unspecified atom stereocenters. The van der Waals surface area contributed by atoms with E-state index < -0.39 is 0 Å². The number of aryl methyl sites for hydroxylation is 1. The first-order valence-electron chi connectivity index (χ1n) is 8.17. The smallest absolute Gasteiger partial charge is 0.0386 e. The second kappa shape index (κ2) is 7.61. The van der Waals surface area contributed by atoms with Crippen LogP contribution in [0.15, 0.2) is 21.1 Å². The van der Waals surface area contributed by atoms with Crippen molar-refractivity contribution < 1.29 is 0 Å². The van der Waals surface area contributed by atoms with E-state index in [9.17, 15) is 0 Å². The van der Waals surface area contributed by atoms with Gasteiger partial charge in [-0.3, -0.25) is 0 Å². The van der Waals surface area contributed by atoms with Crippen LogP contribution in [0.25, 0.3) is 0 Å². The van der Waals surface area contributed by atoms with E-state index in [0.29, 0.717) is 11.5 Å². The van der Waals surface area contributed by atoms with Crippen molar-refractivity contribution in [3.8, 4) is 0 Å². The van der Waals surface area contributed by atoms with Crippen molar-refractivity contribution in [1.82, 2.24) is 5.32 Å². The number of rotatable bonds is 5. The Bertz CT molecular complexity index is 478. The first kappa shape index (κ1) is 17.5. The molecular weight excluding hydrogens is 390 g/mol. The van der Waals surface area contributed by atoms with Crippen molar-refractivity contribution in [2.24, 2.45) is 5.41 Å². The molecule has 118 valence electrons. The number of nitrogens with one attached hydrogen (secondary N) is 1. The van der Waals surface area contributed by atoms with Gasteiger partial charge in [-0.05, 0) is 61.4 Å². The van der Waals surface area contributed by atoms with E-state index >= 15 is 0 Å². The summed E-state index contributed by atoms with van der Waals surface area (Å²) in [6, 6.07) is 4.99. The Kier molecular flexibility index (Phi) is 6.34. The zero-order chi connectivity index (χ0) is 15.5. The fourth-order valence-electron chi connectivity index (χ4n) is 3.55. The van der Waals surface area contributed by atoms with Crippen LogP contribution in [0, 0.1) is 12.3 Å². The normalized spacial score (nSPS) is 19.5. The Morgan fingerprint density at radius 2 is 1.81 bits per heavy atom. The molecule has 1 aliphatic carbocycles. The molecule has 0 amide bonds. The van der Waals surface area contributed by atoms with Gasteiger partial charge in [-0.15, -0.1) is 0 Å². The highest BCUT2D eigenvalue weighted by atomic mass is 79.9. The number of hydrogen-bond acceptors (Lipinski definition) is 1. The van der Waals surface area contributed by atoms with E-state index in [1.54, 1.807) is 0 Å². The Balaban J connectivity index is 2.37. The maximum atomic E-state index is 3.83. The minimum absolute atomic E-state index is 0.366. The van der Waals surface area contributed by atoms with E-state index in [2.05, 4.69) is 70.1 Å². The lowest BCUT2D eigenvalue weighted by Gasteiger charge is -2.42. The highest BCUT2D eigenvalue weighted by Crippen LogP contribution is 2.47. The molecule has 0 radical (unpaired) electrons. The minimum atomic E-state index is 0.366. The molecule has 0 aromatic heterocycles. The maximum absolute atomic E-state index is 3.83. The molecule has 1 saturated carbocycles. The Morgan fingerprint density at radius 1 is 1.14 bits per heavy atom. The molecule has 3 heteroatoms. The van der Waals surface area contributed by atoms with Gasteiger partial charge in [0.1, 0.15) is 0 Å². The van der Waals surface area contributed by atoms with Crippen LogP contribution in [0.4, 0.5) is 0 Å². The molecule has 21 heavy (non-hydrogen) atoms. The lowest BCUT2D eigenvalue weighted by Crippen LogP contribution is -2.38. The highest BCUT2D eigenvalue weighted by molar-refractivity contribution is 9.11. The standard InChI is InChI=1S/C18H27Br2N/c1-4-10-21-17(18(3)8-6-5-7-9-18)14-12-15(19)13(2)11-16(14)20/h11-12,17,21H,4-10H2,1-3H3. The third kappa shape index (κ3) is 4.11. The van der Waals surface area contributed by atoms with Crippen LogP contribution in [0.2, 0.25) is 0 Å². The summed E-state index contributed by atoms with van der Waals surface area (Å²) in [5, 5.41) is 3.83. The Morgan fingerprint density at radius 3 is 2.43 bits per heavy atom. The van der Waals surface area contributed by atoms with Gasteiger partial charge in [0.2, 0.25) is 0 Å². The number of benzene rings is 1. The zero-order valence-corrected chi connectivity index (χ0v) is 16.6. The van der Waals surface area contributed by atoms with Crippen LogP contribution < -0.4 is 5.32 Å². The summed E-state index contributed by atoms with van der Waals surface area (Å²) in [5.74, 6) is 0. The predicted molar refractivity (Wildman–Crippen MR) is 98.8 cm³/mol. The first-order chi connectivity index (χ1) is 9.98. The van der Waals surface area contributed by atoms with Gasteiger partial charge >= 0.3 is 0 Å². The van der Waals surface area contributed by atoms with E-state index in [1.165, 1.54) is 58.6 Å². The molecule has 1 nitrogen and oxygen atoms in total. The fourth-order valence-corrected chi connectivity index (χ4v) is 4.60. The van der Waals surface area contributed by atoms with E-state index in [4.69, 9.17) is 0 Å². The fraction of sp³-hybridized carbons (Fsp3) is 0.667. The van der Waals surface area contributed by atoms with Crippen molar-refractivity contribution in [3.05, 3.63) is 32.2 Å². The summed E-state index contributed by atoms with van der Waals surface area (Å²) in [6.45, 7) is 7.95. The topological polar surface area (TPSA) is 12.0 Å². The van der Waals surface area contributed by atoms with Gasteiger partial charge in [-0.2, -0.15) is 0 Å². The molecule has 2 rings (SSSR count). The Labute approximate surface area is 146 Å². The van der Waals surface area contributed by atoms with Crippen molar-refractivity contribution in [2.45, 2.75) is 65.3 Å². The van der Waals surface area contributed by atoms with E-state index in [0.717, 1.165) is 6.54 Å². The quantitative estimate of drug-likeness (QED) is 0.575. The second-order valence-electron chi connectivity index (χ2n) is 6.72. The largest absolute Gasteiger partial charge is 0.309 e. The van der Waals surface area contributed by atoms with Gasteiger partial charge in [-0.1, -0.05) is 65.0 Å². The van der Waals surface area contributed by atoms with Crippen molar-refractivity contribution in [3.63, 3.8) is 0 Å². The van der Waals surface area contributed by atoms with Crippen molar-refractivity contribution in [2.75, 3.05) is 6.54 Å². The van der Waals surface area contributed by atoms with Crippen molar-refractivity contribution in [1.29, 1.82) is 0 Å². The summed E-state index contributed by atoms with van der Waals surface area (Å²) >= 11 is 7.51. The van der Waals surface area contributed by atoms with Gasteiger partial charge in [0.05, 0.1) is 0 Å². The van der Waals surface area contributed by atoms with Gasteiger partial charge < -0.3 is 5.32 Å². The van der Waals surface area contributed by atoms with Crippen molar-refractivity contribution >= 4 is 31.9 Å². The monoisotopic (exact) mass is 415 g/mol. The maximum Gasteiger partial charge on any atom is 0.0386 e.